The van der Waals surface area contributed by atoms with Gasteiger partial charge in [0.1, 0.15) is 5.75 Å². The van der Waals surface area contributed by atoms with Crippen LogP contribution in [-0.4, -0.2) is 31.7 Å². The number of halogens is 3. The summed E-state index contributed by atoms with van der Waals surface area (Å²) in [5.74, 6) is -0.0888. The second-order valence-corrected chi connectivity index (χ2v) is 7.84. The number of benzene rings is 3. The molecule has 0 aliphatic heterocycles. The van der Waals surface area contributed by atoms with Crippen LogP contribution in [0.15, 0.2) is 65.8 Å². The fourth-order valence-electron chi connectivity index (χ4n) is 2.65. The Kier molecular flexibility index (Phi) is 8.54. The third-order valence-electron chi connectivity index (χ3n) is 4.21. The molecule has 3 aromatic rings. The van der Waals surface area contributed by atoms with Crippen LogP contribution in [0.3, 0.4) is 0 Å². The van der Waals surface area contributed by atoms with Gasteiger partial charge in [0.25, 0.3) is 11.8 Å². The van der Waals surface area contributed by atoms with Gasteiger partial charge in [-0.15, -0.1) is 0 Å². The van der Waals surface area contributed by atoms with E-state index in [1.54, 1.807) is 60.7 Å². The average Bonchev–Trinajstić information content (AvgIpc) is 2.80. The molecule has 170 valence electrons. The van der Waals surface area contributed by atoms with Crippen molar-refractivity contribution in [1.82, 2.24) is 5.43 Å². The van der Waals surface area contributed by atoms with Gasteiger partial charge >= 0.3 is 0 Å². The van der Waals surface area contributed by atoms with Gasteiger partial charge in [-0.1, -0.05) is 40.9 Å². The van der Waals surface area contributed by atoms with Crippen LogP contribution < -0.4 is 20.2 Å². The largest absolute Gasteiger partial charge is 0.497 e. The number of carbonyl (C=O) groups excluding carboxylic acids is 2. The third kappa shape index (κ3) is 7.12. The molecule has 0 aliphatic carbocycles. The first kappa shape index (κ1) is 24.4. The highest BCUT2D eigenvalue weighted by atomic mass is 35.5. The second-order valence-electron chi connectivity index (χ2n) is 6.59. The van der Waals surface area contributed by atoms with E-state index in [1.807, 2.05) is 0 Å². The van der Waals surface area contributed by atoms with Gasteiger partial charge in [0, 0.05) is 16.3 Å². The lowest BCUT2D eigenvalue weighted by atomic mass is 10.2. The topological polar surface area (TPSA) is 89.0 Å². The minimum atomic E-state index is -0.408. The molecule has 0 saturated carbocycles. The van der Waals surface area contributed by atoms with Gasteiger partial charge in [-0.2, -0.15) is 5.10 Å². The van der Waals surface area contributed by atoms with Gasteiger partial charge in [-0.25, -0.2) is 5.43 Å². The van der Waals surface area contributed by atoms with Crippen molar-refractivity contribution in [2.75, 3.05) is 19.0 Å². The zero-order chi connectivity index (χ0) is 23.8. The summed E-state index contributed by atoms with van der Waals surface area (Å²) in [5, 5.41) is 7.51. The number of hydrogen-bond acceptors (Lipinski definition) is 5. The molecule has 0 aromatic heterocycles. The maximum atomic E-state index is 12.2. The Morgan fingerprint density at radius 1 is 1.00 bits per heavy atom. The van der Waals surface area contributed by atoms with E-state index in [2.05, 4.69) is 15.8 Å². The van der Waals surface area contributed by atoms with E-state index >= 15 is 0 Å². The molecule has 0 saturated heterocycles. The quantitative estimate of drug-likeness (QED) is 0.315. The fraction of sp³-hybridized carbons (Fsp3) is 0.0870. The minimum absolute atomic E-state index is 0.155. The van der Waals surface area contributed by atoms with Gasteiger partial charge in [0.2, 0.25) is 0 Å². The Balaban J connectivity index is 1.58. The molecule has 0 spiro atoms. The second kappa shape index (κ2) is 11.6. The number of nitrogens with zero attached hydrogens (tertiary/aromatic N) is 1. The Bertz CT molecular complexity index is 1160. The highest BCUT2D eigenvalue weighted by molar-refractivity contribution is 6.37. The Morgan fingerprint density at radius 3 is 2.36 bits per heavy atom. The standard InChI is InChI=1S/C23H18Cl3N3O4/c1-32-18-4-2-3-15(11-18)23(31)29-27-12-14-9-19(25)22(20(26)10-14)33-13-21(30)28-17-7-5-16(24)6-8-17/h2-12H,13H2,1H3,(H,28,30)(H,29,31)/b27-12+. The molecule has 7 nitrogen and oxygen atoms in total. The summed E-state index contributed by atoms with van der Waals surface area (Å²) in [6, 6.07) is 16.4. The van der Waals surface area contributed by atoms with Gasteiger partial charge in [0.05, 0.1) is 23.4 Å². The van der Waals surface area contributed by atoms with Crippen LogP contribution in [-0.2, 0) is 4.79 Å². The molecule has 0 heterocycles. The van der Waals surface area contributed by atoms with Gasteiger partial charge in [-0.3, -0.25) is 9.59 Å². The van der Waals surface area contributed by atoms with Crippen molar-refractivity contribution in [1.29, 1.82) is 0 Å². The molecule has 2 amide bonds. The maximum absolute atomic E-state index is 12.2. The number of nitrogens with one attached hydrogen (secondary N) is 2. The van der Waals surface area contributed by atoms with Crippen LogP contribution in [0.25, 0.3) is 0 Å². The number of anilines is 1. The smallest absolute Gasteiger partial charge is 0.271 e. The van der Waals surface area contributed by atoms with E-state index in [-0.39, 0.29) is 22.4 Å². The molecule has 3 rings (SSSR count). The fourth-order valence-corrected chi connectivity index (χ4v) is 3.39. The Hall–Kier alpha value is -3.26. The number of methoxy groups -OCH3 is 1. The zero-order valence-corrected chi connectivity index (χ0v) is 19.5. The number of carbonyl (C=O) groups is 2. The molecule has 0 unspecified atom stereocenters. The van der Waals surface area contributed by atoms with E-state index < -0.39 is 11.8 Å². The lowest BCUT2D eigenvalue weighted by molar-refractivity contribution is -0.118. The predicted octanol–water partition coefficient (Wildman–Crippen LogP) is 5.44. The SMILES string of the molecule is COc1cccc(C(=O)N/N=C/c2cc(Cl)c(OCC(=O)Nc3ccc(Cl)cc3)c(Cl)c2)c1. The molecule has 0 aliphatic rings. The molecule has 0 radical (unpaired) electrons. The van der Waals surface area contributed by atoms with E-state index in [1.165, 1.54) is 13.3 Å². The number of hydrogen-bond donors (Lipinski definition) is 2. The summed E-state index contributed by atoms with van der Waals surface area (Å²) in [6.45, 7) is -0.300. The van der Waals surface area contributed by atoms with Crippen LogP contribution in [0.2, 0.25) is 15.1 Å². The summed E-state index contributed by atoms with van der Waals surface area (Å²) >= 11 is 18.3. The molecule has 0 bridgehead atoms. The number of hydrazone groups is 1. The number of amides is 2. The lowest BCUT2D eigenvalue weighted by Gasteiger charge is -2.11. The van der Waals surface area contributed by atoms with Crippen molar-refractivity contribution in [3.63, 3.8) is 0 Å². The van der Waals surface area contributed by atoms with Crippen LogP contribution in [0.1, 0.15) is 15.9 Å². The predicted molar refractivity (Wildman–Crippen MR) is 130 cm³/mol. The van der Waals surface area contributed by atoms with E-state index in [4.69, 9.17) is 44.3 Å². The third-order valence-corrected chi connectivity index (χ3v) is 5.02. The molecular weight excluding hydrogens is 489 g/mol. The van der Waals surface area contributed by atoms with Crippen molar-refractivity contribution in [3.05, 3.63) is 86.9 Å². The first-order chi connectivity index (χ1) is 15.9. The molecule has 10 heteroatoms. The Morgan fingerprint density at radius 2 is 1.70 bits per heavy atom. The molecule has 0 atom stereocenters. The summed E-state index contributed by atoms with van der Waals surface area (Å²) in [5.41, 5.74) is 3.91. The van der Waals surface area contributed by atoms with Crippen molar-refractivity contribution >= 4 is 58.5 Å². The number of ether oxygens (including phenoxy) is 2. The van der Waals surface area contributed by atoms with Crippen LogP contribution >= 0.6 is 34.8 Å². The van der Waals surface area contributed by atoms with Crippen molar-refractivity contribution in [2.45, 2.75) is 0 Å². The van der Waals surface area contributed by atoms with Crippen LogP contribution in [0.5, 0.6) is 11.5 Å². The van der Waals surface area contributed by atoms with Crippen molar-refractivity contribution in [2.24, 2.45) is 5.10 Å². The Labute approximate surface area is 205 Å². The highest BCUT2D eigenvalue weighted by Crippen LogP contribution is 2.33. The first-order valence-electron chi connectivity index (χ1n) is 9.50. The monoisotopic (exact) mass is 505 g/mol. The number of rotatable bonds is 8. The minimum Gasteiger partial charge on any atom is -0.497 e. The molecular formula is C23H18Cl3N3O4. The van der Waals surface area contributed by atoms with Crippen molar-refractivity contribution < 1.29 is 19.1 Å². The summed E-state index contributed by atoms with van der Waals surface area (Å²) in [7, 11) is 1.52. The van der Waals surface area contributed by atoms with Crippen molar-refractivity contribution in [3.8, 4) is 11.5 Å². The summed E-state index contributed by atoms with van der Waals surface area (Å²) in [4.78, 5) is 24.3. The van der Waals surface area contributed by atoms with E-state index in [0.29, 0.717) is 27.6 Å². The van der Waals surface area contributed by atoms with Gasteiger partial charge in [-0.05, 0) is 60.2 Å². The lowest BCUT2D eigenvalue weighted by Crippen LogP contribution is -2.20. The van der Waals surface area contributed by atoms with Crippen LogP contribution in [0, 0.1) is 0 Å². The summed E-state index contributed by atoms with van der Waals surface area (Å²) in [6.07, 6.45) is 1.38. The van der Waals surface area contributed by atoms with E-state index in [9.17, 15) is 9.59 Å². The highest BCUT2D eigenvalue weighted by Gasteiger charge is 2.12. The van der Waals surface area contributed by atoms with Crippen LogP contribution in [0.4, 0.5) is 5.69 Å². The van der Waals surface area contributed by atoms with Gasteiger partial charge in [0.15, 0.2) is 12.4 Å². The maximum Gasteiger partial charge on any atom is 0.271 e. The normalized spacial score (nSPS) is 10.7. The molecule has 0 fully saturated rings. The molecule has 33 heavy (non-hydrogen) atoms. The van der Waals surface area contributed by atoms with E-state index in [0.717, 1.165) is 0 Å². The first-order valence-corrected chi connectivity index (χ1v) is 10.6. The summed E-state index contributed by atoms with van der Waals surface area (Å²) < 4.78 is 10.6. The molecule has 2 N–H and O–H groups in total. The molecule has 3 aromatic carbocycles. The van der Waals surface area contributed by atoms with Gasteiger partial charge < -0.3 is 14.8 Å². The average molecular weight is 507 g/mol. The zero-order valence-electron chi connectivity index (χ0n) is 17.3.